The van der Waals surface area contributed by atoms with Crippen molar-refractivity contribution in [3.8, 4) is 22.5 Å². The molecule has 0 bridgehead atoms. The number of aromatic amines is 1. The maximum atomic E-state index is 13.1. The molecule has 6 nitrogen and oxygen atoms in total. The molecule has 5 aromatic rings. The molecule has 1 atom stereocenters. The molecule has 3 aromatic carbocycles. The van der Waals surface area contributed by atoms with Crippen LogP contribution in [0.3, 0.4) is 0 Å². The highest BCUT2D eigenvalue weighted by molar-refractivity contribution is 7.99. The predicted octanol–water partition coefficient (Wildman–Crippen LogP) is 7.99. The number of nitrogens with one attached hydrogen (secondary N) is 2. The van der Waals surface area contributed by atoms with Gasteiger partial charge in [0.25, 0.3) is 0 Å². The molecule has 0 spiro atoms. The maximum absolute atomic E-state index is 13.1. The lowest BCUT2D eigenvalue weighted by Gasteiger charge is -2.22. The summed E-state index contributed by atoms with van der Waals surface area (Å²) in [5.41, 5.74) is 6.76. The molecule has 2 N–H and O–H groups in total. The van der Waals surface area contributed by atoms with E-state index in [0.29, 0.717) is 22.2 Å². The first kappa shape index (κ1) is 28.0. The first-order valence-electron chi connectivity index (χ1n) is 14.0. The van der Waals surface area contributed by atoms with Crippen LogP contribution in [0.4, 0.5) is 5.00 Å². The highest BCUT2D eigenvalue weighted by Gasteiger charge is 2.30. The van der Waals surface area contributed by atoms with E-state index in [0.717, 1.165) is 57.4 Å². The van der Waals surface area contributed by atoms with Crippen LogP contribution in [0.1, 0.15) is 45.1 Å². The molecule has 2 aromatic heterocycles. The van der Waals surface area contributed by atoms with Gasteiger partial charge >= 0.3 is 5.97 Å². The number of rotatable bonds is 9. The van der Waals surface area contributed by atoms with Crippen molar-refractivity contribution >= 4 is 40.0 Å². The van der Waals surface area contributed by atoms with E-state index in [-0.39, 0.29) is 12.3 Å². The summed E-state index contributed by atoms with van der Waals surface area (Å²) in [6.45, 7) is 0. The summed E-state index contributed by atoms with van der Waals surface area (Å²) >= 11 is 3.01. The number of carbonyl (C=O) groups excluding carboxylic acids is 2. The number of aromatic nitrogens is 2. The minimum Gasteiger partial charge on any atom is -0.465 e. The number of hydrogen-bond acceptors (Lipinski definition) is 6. The van der Waals surface area contributed by atoms with Gasteiger partial charge in [-0.1, -0.05) is 103 Å². The third kappa shape index (κ3) is 6.05. The van der Waals surface area contributed by atoms with Gasteiger partial charge in [-0.3, -0.25) is 4.79 Å². The Morgan fingerprint density at radius 2 is 1.64 bits per heavy atom. The van der Waals surface area contributed by atoms with Crippen LogP contribution in [0.2, 0.25) is 0 Å². The van der Waals surface area contributed by atoms with Crippen molar-refractivity contribution in [3.63, 3.8) is 0 Å². The smallest absolute Gasteiger partial charge is 0.341 e. The van der Waals surface area contributed by atoms with E-state index in [9.17, 15) is 9.59 Å². The SMILES string of the molecule is COC(=O)c1c(NC(=O)CCSc2nc(-c3ccccc3)c(-c3ccccc3)[nH]2)sc2c1CCC(c1ccccc1)C2. The van der Waals surface area contributed by atoms with Crippen molar-refractivity contribution in [2.24, 2.45) is 0 Å². The molecule has 0 aliphatic heterocycles. The summed E-state index contributed by atoms with van der Waals surface area (Å²) in [5, 5.41) is 4.37. The van der Waals surface area contributed by atoms with E-state index in [4.69, 9.17) is 9.72 Å². The van der Waals surface area contributed by atoms with Crippen LogP contribution in [0.25, 0.3) is 22.5 Å². The van der Waals surface area contributed by atoms with Crippen LogP contribution in [0.5, 0.6) is 0 Å². The highest BCUT2D eigenvalue weighted by atomic mass is 32.2. The van der Waals surface area contributed by atoms with Gasteiger partial charge in [0.15, 0.2) is 5.16 Å². The molecule has 42 heavy (non-hydrogen) atoms. The van der Waals surface area contributed by atoms with Crippen molar-refractivity contribution in [3.05, 3.63) is 113 Å². The number of H-pyrrole nitrogens is 1. The van der Waals surface area contributed by atoms with E-state index in [2.05, 4.69) is 46.7 Å². The number of nitrogens with zero attached hydrogens (tertiary/aromatic N) is 1. The molecular weight excluding hydrogens is 563 g/mol. The molecule has 6 rings (SSSR count). The Labute approximate surface area is 253 Å². The summed E-state index contributed by atoms with van der Waals surface area (Å²) < 4.78 is 5.12. The minimum atomic E-state index is -0.396. The Morgan fingerprint density at radius 1 is 0.976 bits per heavy atom. The fraction of sp³-hybridized carbons (Fsp3) is 0.206. The Kier molecular flexibility index (Phi) is 8.53. The van der Waals surface area contributed by atoms with Gasteiger partial charge in [0, 0.05) is 28.2 Å². The van der Waals surface area contributed by atoms with Crippen molar-refractivity contribution in [1.29, 1.82) is 0 Å². The van der Waals surface area contributed by atoms with Crippen LogP contribution in [-0.2, 0) is 22.4 Å². The zero-order valence-corrected chi connectivity index (χ0v) is 24.9. The second-order valence-electron chi connectivity index (χ2n) is 10.2. The molecule has 0 radical (unpaired) electrons. The van der Waals surface area contributed by atoms with Gasteiger partial charge in [0.1, 0.15) is 5.00 Å². The molecule has 212 valence electrons. The Balaban J connectivity index is 1.15. The van der Waals surface area contributed by atoms with Crippen LogP contribution in [0.15, 0.2) is 96.2 Å². The van der Waals surface area contributed by atoms with Crippen LogP contribution in [-0.4, -0.2) is 34.7 Å². The number of benzene rings is 3. The molecule has 0 saturated carbocycles. The minimum absolute atomic E-state index is 0.135. The summed E-state index contributed by atoms with van der Waals surface area (Å²) in [5.74, 6) is 0.408. The summed E-state index contributed by atoms with van der Waals surface area (Å²) in [4.78, 5) is 35.4. The second-order valence-corrected chi connectivity index (χ2v) is 12.4. The van der Waals surface area contributed by atoms with E-state index in [1.165, 1.54) is 35.8 Å². The molecule has 0 fully saturated rings. The average Bonchev–Trinajstić information content (AvgIpc) is 3.63. The summed E-state index contributed by atoms with van der Waals surface area (Å²) in [7, 11) is 1.39. The summed E-state index contributed by atoms with van der Waals surface area (Å²) in [6.07, 6.45) is 2.88. The van der Waals surface area contributed by atoms with Gasteiger partial charge < -0.3 is 15.0 Å². The number of anilines is 1. The fourth-order valence-corrected chi connectivity index (χ4v) is 7.61. The molecule has 1 aliphatic rings. The van der Waals surface area contributed by atoms with Gasteiger partial charge in [-0.15, -0.1) is 11.3 Å². The normalized spacial score (nSPS) is 14.3. The number of methoxy groups -OCH3 is 1. The van der Waals surface area contributed by atoms with Gasteiger partial charge in [0.2, 0.25) is 5.91 Å². The molecule has 1 amide bonds. The number of carbonyl (C=O) groups is 2. The van der Waals surface area contributed by atoms with E-state index in [1.807, 2.05) is 54.6 Å². The number of imidazole rings is 1. The number of ether oxygens (including phenoxy) is 1. The first-order chi connectivity index (χ1) is 20.6. The maximum Gasteiger partial charge on any atom is 0.341 e. The Bertz CT molecular complexity index is 1620. The fourth-order valence-electron chi connectivity index (χ4n) is 5.47. The van der Waals surface area contributed by atoms with Crippen LogP contribution < -0.4 is 5.32 Å². The molecule has 2 heterocycles. The number of amides is 1. The molecule has 0 saturated heterocycles. The van der Waals surface area contributed by atoms with Crippen LogP contribution >= 0.6 is 23.1 Å². The van der Waals surface area contributed by atoms with E-state index < -0.39 is 5.97 Å². The highest BCUT2D eigenvalue weighted by Crippen LogP contribution is 2.43. The van der Waals surface area contributed by atoms with Gasteiger partial charge in [-0.05, 0) is 36.3 Å². The van der Waals surface area contributed by atoms with Crippen molar-refractivity contribution in [1.82, 2.24) is 9.97 Å². The zero-order chi connectivity index (χ0) is 28.9. The Morgan fingerprint density at radius 3 is 2.33 bits per heavy atom. The number of hydrogen-bond donors (Lipinski definition) is 2. The number of thioether (sulfide) groups is 1. The van der Waals surface area contributed by atoms with Gasteiger partial charge in [-0.2, -0.15) is 0 Å². The summed E-state index contributed by atoms with van der Waals surface area (Å²) in [6, 6.07) is 30.7. The third-order valence-electron chi connectivity index (χ3n) is 7.54. The monoisotopic (exact) mass is 593 g/mol. The molecule has 1 aliphatic carbocycles. The van der Waals surface area contributed by atoms with E-state index in [1.54, 1.807) is 0 Å². The van der Waals surface area contributed by atoms with Crippen molar-refractivity contribution in [2.75, 3.05) is 18.2 Å². The average molecular weight is 594 g/mol. The molecular formula is C34H31N3O3S2. The lowest BCUT2D eigenvalue weighted by molar-refractivity contribution is -0.115. The lowest BCUT2D eigenvalue weighted by atomic mass is 9.83. The molecule has 8 heteroatoms. The largest absolute Gasteiger partial charge is 0.465 e. The molecule has 1 unspecified atom stereocenters. The lowest BCUT2D eigenvalue weighted by Crippen LogP contribution is -2.16. The quantitative estimate of drug-likeness (QED) is 0.134. The zero-order valence-electron chi connectivity index (χ0n) is 23.3. The third-order valence-corrected chi connectivity index (χ3v) is 9.58. The van der Waals surface area contributed by atoms with Gasteiger partial charge in [0.05, 0.1) is 24.1 Å². The van der Waals surface area contributed by atoms with Crippen molar-refractivity contribution in [2.45, 2.75) is 36.8 Å². The van der Waals surface area contributed by atoms with E-state index >= 15 is 0 Å². The van der Waals surface area contributed by atoms with Crippen LogP contribution in [0, 0.1) is 0 Å². The number of esters is 1. The van der Waals surface area contributed by atoms with Crippen molar-refractivity contribution < 1.29 is 14.3 Å². The standard InChI is InChI=1S/C34H31N3O3S2/c1-40-33(39)29-26-18-17-25(22-11-5-2-6-12-22)21-27(26)42-32(29)35-28(38)19-20-41-34-36-30(23-13-7-3-8-14-23)31(37-34)24-15-9-4-10-16-24/h2-16,25H,17-21H2,1H3,(H,35,38)(H,36,37). The number of thiophene rings is 1. The topological polar surface area (TPSA) is 84.1 Å². The second kappa shape index (κ2) is 12.8. The number of fused-ring (bicyclic) bond motifs is 1. The predicted molar refractivity (Wildman–Crippen MR) is 170 cm³/mol. The van der Waals surface area contributed by atoms with Gasteiger partial charge in [-0.25, -0.2) is 9.78 Å². The Hall–Kier alpha value is -4.14. The first-order valence-corrected chi connectivity index (χ1v) is 15.8.